The van der Waals surface area contributed by atoms with Gasteiger partial charge in [-0.15, -0.1) is 0 Å². The van der Waals surface area contributed by atoms with Crippen molar-refractivity contribution in [3.05, 3.63) is 35.9 Å². The van der Waals surface area contributed by atoms with E-state index >= 15 is 0 Å². The molecule has 0 bridgehead atoms. The number of amides is 1. The summed E-state index contributed by atoms with van der Waals surface area (Å²) in [7, 11) is 0. The molecule has 3 heteroatoms. The molecule has 1 amide bonds. The van der Waals surface area contributed by atoms with Gasteiger partial charge in [0.25, 0.3) is 0 Å². The molecule has 0 aromatic heterocycles. The van der Waals surface area contributed by atoms with Crippen LogP contribution in [0.5, 0.6) is 0 Å². The van der Waals surface area contributed by atoms with Gasteiger partial charge in [-0.2, -0.15) is 0 Å². The zero-order valence-corrected chi connectivity index (χ0v) is 10.0. The number of aryl methyl sites for hydroxylation is 1. The molecule has 0 heterocycles. The number of rotatable bonds is 6. The van der Waals surface area contributed by atoms with Gasteiger partial charge in [-0.25, -0.2) is 0 Å². The molecule has 0 unspecified atom stereocenters. The van der Waals surface area contributed by atoms with Gasteiger partial charge in [0, 0.05) is 19.0 Å². The normalized spacial score (nSPS) is 14.6. The molecule has 0 radical (unpaired) electrons. The van der Waals surface area contributed by atoms with Gasteiger partial charge >= 0.3 is 0 Å². The molecule has 1 aromatic rings. The van der Waals surface area contributed by atoms with E-state index in [2.05, 4.69) is 0 Å². The van der Waals surface area contributed by atoms with E-state index in [1.807, 2.05) is 35.2 Å². The Hall–Kier alpha value is -1.35. The Morgan fingerprint density at radius 1 is 1.29 bits per heavy atom. The first-order valence-electron chi connectivity index (χ1n) is 6.25. The van der Waals surface area contributed by atoms with E-state index in [9.17, 15) is 4.79 Å². The van der Waals surface area contributed by atoms with Crippen LogP contribution in [0.15, 0.2) is 30.3 Å². The van der Waals surface area contributed by atoms with E-state index in [1.54, 1.807) is 0 Å². The fourth-order valence-electron chi connectivity index (χ4n) is 2.04. The largest absolute Gasteiger partial charge is 0.395 e. The van der Waals surface area contributed by atoms with Crippen LogP contribution in [-0.4, -0.2) is 35.1 Å². The first-order valence-corrected chi connectivity index (χ1v) is 6.25. The van der Waals surface area contributed by atoms with Crippen LogP contribution in [0.4, 0.5) is 0 Å². The van der Waals surface area contributed by atoms with Crippen LogP contribution < -0.4 is 0 Å². The molecule has 0 aliphatic heterocycles. The van der Waals surface area contributed by atoms with Gasteiger partial charge in [0.2, 0.25) is 5.91 Å². The van der Waals surface area contributed by atoms with Crippen molar-refractivity contribution in [1.29, 1.82) is 0 Å². The highest BCUT2D eigenvalue weighted by molar-refractivity contribution is 5.77. The molecule has 17 heavy (non-hydrogen) atoms. The summed E-state index contributed by atoms with van der Waals surface area (Å²) in [6, 6.07) is 10.4. The maximum Gasteiger partial charge on any atom is 0.223 e. The number of hydrogen-bond acceptors (Lipinski definition) is 2. The Morgan fingerprint density at radius 3 is 2.59 bits per heavy atom. The minimum atomic E-state index is 0.0631. The molecule has 1 saturated carbocycles. The van der Waals surface area contributed by atoms with Crippen molar-refractivity contribution in [2.45, 2.75) is 31.7 Å². The first-order chi connectivity index (χ1) is 8.31. The van der Waals surface area contributed by atoms with Crippen molar-refractivity contribution < 1.29 is 9.90 Å². The Labute approximate surface area is 102 Å². The van der Waals surface area contributed by atoms with E-state index in [-0.39, 0.29) is 12.5 Å². The molecule has 92 valence electrons. The van der Waals surface area contributed by atoms with Crippen molar-refractivity contribution in [3.63, 3.8) is 0 Å². The van der Waals surface area contributed by atoms with Gasteiger partial charge in [0.05, 0.1) is 6.61 Å². The molecule has 1 aromatic carbocycles. The van der Waals surface area contributed by atoms with Gasteiger partial charge in [-0.3, -0.25) is 4.79 Å². The zero-order valence-electron chi connectivity index (χ0n) is 10.0. The average molecular weight is 233 g/mol. The lowest BCUT2D eigenvalue weighted by Crippen LogP contribution is -2.35. The van der Waals surface area contributed by atoms with E-state index in [0.29, 0.717) is 19.0 Å². The predicted octanol–water partition coefficient (Wildman–Crippen LogP) is 1.60. The monoisotopic (exact) mass is 233 g/mol. The second kappa shape index (κ2) is 5.82. The number of aliphatic hydroxyl groups is 1. The second-order valence-corrected chi connectivity index (χ2v) is 4.53. The van der Waals surface area contributed by atoms with Crippen LogP contribution in [0.3, 0.4) is 0 Å². The Balaban J connectivity index is 1.83. The summed E-state index contributed by atoms with van der Waals surface area (Å²) in [4.78, 5) is 13.8. The van der Waals surface area contributed by atoms with Gasteiger partial charge in [0.1, 0.15) is 0 Å². The maximum absolute atomic E-state index is 12.0. The van der Waals surface area contributed by atoms with Crippen LogP contribution >= 0.6 is 0 Å². The zero-order chi connectivity index (χ0) is 12.1. The highest BCUT2D eigenvalue weighted by Gasteiger charge is 2.31. The summed E-state index contributed by atoms with van der Waals surface area (Å²) in [6.07, 6.45) is 3.52. The van der Waals surface area contributed by atoms with Gasteiger partial charge in [0.15, 0.2) is 0 Å². The summed E-state index contributed by atoms with van der Waals surface area (Å²) < 4.78 is 0. The molecule has 0 spiro atoms. The molecule has 1 fully saturated rings. The third-order valence-corrected chi connectivity index (χ3v) is 3.12. The smallest absolute Gasteiger partial charge is 0.223 e. The van der Waals surface area contributed by atoms with Gasteiger partial charge in [-0.1, -0.05) is 30.3 Å². The Kier molecular flexibility index (Phi) is 4.15. The average Bonchev–Trinajstić information content (AvgIpc) is 3.18. The van der Waals surface area contributed by atoms with E-state index in [4.69, 9.17) is 5.11 Å². The fraction of sp³-hybridized carbons (Fsp3) is 0.500. The number of nitrogens with zero attached hydrogens (tertiary/aromatic N) is 1. The highest BCUT2D eigenvalue weighted by Crippen LogP contribution is 2.27. The minimum Gasteiger partial charge on any atom is -0.395 e. The van der Waals surface area contributed by atoms with E-state index < -0.39 is 0 Å². The maximum atomic E-state index is 12.0. The van der Waals surface area contributed by atoms with Crippen molar-refractivity contribution in [2.75, 3.05) is 13.2 Å². The van der Waals surface area contributed by atoms with Crippen molar-refractivity contribution in [2.24, 2.45) is 0 Å². The van der Waals surface area contributed by atoms with E-state index in [0.717, 1.165) is 19.3 Å². The lowest BCUT2D eigenvalue weighted by Gasteiger charge is -2.21. The van der Waals surface area contributed by atoms with Crippen LogP contribution in [0.1, 0.15) is 24.8 Å². The minimum absolute atomic E-state index is 0.0631. The number of carbonyl (C=O) groups is 1. The molecule has 1 aliphatic rings. The summed E-state index contributed by atoms with van der Waals surface area (Å²) in [5.74, 6) is 0.172. The molecule has 1 N–H and O–H groups in total. The van der Waals surface area contributed by atoms with Crippen molar-refractivity contribution in [3.8, 4) is 0 Å². The Morgan fingerprint density at radius 2 is 2.00 bits per heavy atom. The molecule has 2 rings (SSSR count). The van der Waals surface area contributed by atoms with Crippen molar-refractivity contribution >= 4 is 5.91 Å². The lowest BCUT2D eigenvalue weighted by atomic mass is 10.1. The fourth-order valence-corrected chi connectivity index (χ4v) is 2.04. The lowest BCUT2D eigenvalue weighted by molar-refractivity contribution is -0.132. The Bertz CT molecular complexity index is 360. The third kappa shape index (κ3) is 3.56. The molecule has 0 saturated heterocycles. The highest BCUT2D eigenvalue weighted by atomic mass is 16.3. The van der Waals surface area contributed by atoms with Gasteiger partial charge in [-0.05, 0) is 24.8 Å². The van der Waals surface area contributed by atoms with Crippen LogP contribution in [0.2, 0.25) is 0 Å². The third-order valence-electron chi connectivity index (χ3n) is 3.12. The predicted molar refractivity (Wildman–Crippen MR) is 66.6 cm³/mol. The van der Waals surface area contributed by atoms with Crippen LogP contribution in [0.25, 0.3) is 0 Å². The standard InChI is InChI=1S/C14H19NO2/c16-11-10-15(13-7-8-13)14(17)9-6-12-4-2-1-3-5-12/h1-5,13,16H,6-11H2. The summed E-state index contributed by atoms with van der Waals surface area (Å²) in [5.41, 5.74) is 1.19. The van der Waals surface area contributed by atoms with Gasteiger partial charge < -0.3 is 10.0 Å². The molecular weight excluding hydrogens is 214 g/mol. The molecular formula is C14H19NO2. The number of benzene rings is 1. The SMILES string of the molecule is O=C(CCc1ccccc1)N(CCO)C1CC1. The van der Waals surface area contributed by atoms with E-state index in [1.165, 1.54) is 5.56 Å². The molecule has 3 nitrogen and oxygen atoms in total. The van der Waals surface area contributed by atoms with Crippen LogP contribution in [-0.2, 0) is 11.2 Å². The first kappa shape index (κ1) is 12.1. The number of carbonyl (C=O) groups excluding carboxylic acids is 1. The summed E-state index contributed by atoms with van der Waals surface area (Å²) >= 11 is 0. The molecule has 0 atom stereocenters. The summed E-state index contributed by atoms with van der Waals surface area (Å²) in [6.45, 7) is 0.547. The topological polar surface area (TPSA) is 40.5 Å². The summed E-state index contributed by atoms with van der Waals surface area (Å²) in [5, 5.41) is 8.95. The van der Waals surface area contributed by atoms with Crippen LogP contribution in [0, 0.1) is 0 Å². The van der Waals surface area contributed by atoms with Crippen molar-refractivity contribution in [1.82, 2.24) is 4.90 Å². The molecule has 1 aliphatic carbocycles. The number of hydrogen-bond donors (Lipinski definition) is 1. The second-order valence-electron chi connectivity index (χ2n) is 4.53. The number of aliphatic hydroxyl groups excluding tert-OH is 1. The quantitative estimate of drug-likeness (QED) is 0.810.